The maximum absolute atomic E-state index is 13.2. The molecule has 140 valence electrons. The average molecular weight is 394 g/mol. The molecule has 5 heteroatoms. The van der Waals surface area contributed by atoms with Crippen LogP contribution in [0, 0.1) is 6.92 Å². The van der Waals surface area contributed by atoms with Crippen LogP contribution in [0.4, 0.5) is 0 Å². The summed E-state index contributed by atoms with van der Waals surface area (Å²) in [6, 6.07) is 12.3. The second-order valence-corrected chi connectivity index (χ2v) is 7.65. The number of aliphatic hydroxyl groups is 1. The number of benzene rings is 2. The van der Waals surface area contributed by atoms with Crippen LogP contribution >= 0.6 is 23.2 Å². The van der Waals surface area contributed by atoms with E-state index < -0.39 is 11.5 Å². The lowest BCUT2D eigenvalue weighted by atomic mass is 9.77. The third-order valence-corrected chi connectivity index (χ3v) is 5.48. The Hall–Kier alpha value is -1.55. The smallest absolute Gasteiger partial charge is 0.230 e. The molecular formula is C21H25Cl2NO2. The minimum atomic E-state index is -0.704. The summed E-state index contributed by atoms with van der Waals surface area (Å²) in [5, 5.41) is 14.1. The van der Waals surface area contributed by atoms with Gasteiger partial charge in [0.15, 0.2) is 0 Å². The summed E-state index contributed by atoms with van der Waals surface area (Å²) in [5.74, 6) is -0.116. The predicted molar refractivity (Wildman–Crippen MR) is 108 cm³/mol. The predicted octanol–water partition coefficient (Wildman–Crippen LogP) is 5.21. The molecule has 0 fully saturated rings. The van der Waals surface area contributed by atoms with E-state index in [2.05, 4.69) is 12.2 Å². The highest BCUT2D eigenvalue weighted by molar-refractivity contribution is 6.31. The molecule has 2 rings (SSSR count). The standard InChI is InChI=1S/C21H25Cl2NO2/c1-4-11-21(3,16-7-10-18(23)14(2)12-16)20(26)24-19(13-25)15-5-8-17(22)9-6-15/h5-10,12,19,25H,4,11,13H2,1-3H3,(H,24,26)/t19-,21?/m0/s1. The van der Waals surface area contributed by atoms with E-state index in [4.69, 9.17) is 23.2 Å². The van der Waals surface area contributed by atoms with Crippen LogP contribution in [0.1, 0.15) is 49.4 Å². The Labute approximate surface area is 165 Å². The van der Waals surface area contributed by atoms with Crippen molar-refractivity contribution in [2.24, 2.45) is 0 Å². The van der Waals surface area contributed by atoms with Gasteiger partial charge in [-0.3, -0.25) is 4.79 Å². The Kier molecular flexibility index (Phi) is 7.10. The first-order valence-corrected chi connectivity index (χ1v) is 9.51. The molecule has 2 aromatic carbocycles. The first-order chi connectivity index (χ1) is 12.3. The summed E-state index contributed by atoms with van der Waals surface area (Å²) in [5.41, 5.74) is 1.97. The van der Waals surface area contributed by atoms with Gasteiger partial charge >= 0.3 is 0 Å². The van der Waals surface area contributed by atoms with E-state index in [1.165, 1.54) is 0 Å². The van der Waals surface area contributed by atoms with Crippen molar-refractivity contribution in [2.75, 3.05) is 6.61 Å². The van der Waals surface area contributed by atoms with Gasteiger partial charge in [0.2, 0.25) is 5.91 Å². The minimum absolute atomic E-state index is 0.116. The number of rotatable bonds is 7. The van der Waals surface area contributed by atoms with Crippen molar-refractivity contribution in [3.05, 3.63) is 69.2 Å². The van der Waals surface area contributed by atoms with Gasteiger partial charge in [-0.25, -0.2) is 0 Å². The monoisotopic (exact) mass is 393 g/mol. The molecule has 0 bridgehead atoms. The van der Waals surface area contributed by atoms with Crippen LogP contribution < -0.4 is 5.32 Å². The summed E-state index contributed by atoms with van der Waals surface area (Å²) in [7, 11) is 0. The fraction of sp³-hybridized carbons (Fsp3) is 0.381. The molecule has 0 aliphatic rings. The normalized spacial score (nSPS) is 14.5. The second kappa shape index (κ2) is 8.90. The number of aryl methyl sites for hydroxylation is 1. The molecule has 0 aromatic heterocycles. The van der Waals surface area contributed by atoms with Gasteiger partial charge in [-0.1, -0.05) is 60.8 Å². The summed E-state index contributed by atoms with van der Waals surface area (Å²) in [6.07, 6.45) is 1.55. The fourth-order valence-electron chi connectivity index (χ4n) is 3.12. The maximum atomic E-state index is 13.2. The van der Waals surface area contributed by atoms with Crippen molar-refractivity contribution in [2.45, 2.75) is 45.1 Å². The zero-order valence-corrected chi connectivity index (χ0v) is 16.9. The number of carbonyl (C=O) groups is 1. The molecule has 0 aliphatic carbocycles. The Morgan fingerprint density at radius 1 is 1.19 bits per heavy atom. The largest absolute Gasteiger partial charge is 0.394 e. The molecular weight excluding hydrogens is 369 g/mol. The van der Waals surface area contributed by atoms with Crippen LogP contribution in [0.3, 0.4) is 0 Å². The molecule has 0 heterocycles. The van der Waals surface area contributed by atoms with E-state index in [1.807, 2.05) is 44.2 Å². The molecule has 26 heavy (non-hydrogen) atoms. The van der Waals surface area contributed by atoms with Crippen LogP contribution in [0.2, 0.25) is 10.0 Å². The zero-order valence-electron chi connectivity index (χ0n) is 15.4. The Morgan fingerprint density at radius 3 is 2.38 bits per heavy atom. The van der Waals surface area contributed by atoms with Gasteiger partial charge < -0.3 is 10.4 Å². The van der Waals surface area contributed by atoms with Gasteiger partial charge in [0.25, 0.3) is 0 Å². The zero-order chi connectivity index (χ0) is 19.3. The van der Waals surface area contributed by atoms with Gasteiger partial charge in [0.05, 0.1) is 18.1 Å². The van der Waals surface area contributed by atoms with Crippen molar-refractivity contribution in [3.63, 3.8) is 0 Å². The van der Waals surface area contributed by atoms with Crippen molar-refractivity contribution in [3.8, 4) is 0 Å². The number of halogens is 2. The van der Waals surface area contributed by atoms with Crippen LogP contribution in [0.15, 0.2) is 42.5 Å². The van der Waals surface area contributed by atoms with Crippen LogP contribution in [0.5, 0.6) is 0 Å². The van der Waals surface area contributed by atoms with Gasteiger partial charge in [-0.15, -0.1) is 0 Å². The third kappa shape index (κ3) is 4.59. The second-order valence-electron chi connectivity index (χ2n) is 6.81. The highest BCUT2D eigenvalue weighted by Crippen LogP contribution is 2.32. The van der Waals surface area contributed by atoms with Gasteiger partial charge in [-0.05, 0) is 55.2 Å². The number of amides is 1. The minimum Gasteiger partial charge on any atom is -0.394 e. The lowest BCUT2D eigenvalue weighted by Gasteiger charge is -2.31. The number of hydrogen-bond acceptors (Lipinski definition) is 2. The first-order valence-electron chi connectivity index (χ1n) is 8.75. The van der Waals surface area contributed by atoms with Gasteiger partial charge in [0, 0.05) is 10.0 Å². The van der Waals surface area contributed by atoms with E-state index in [-0.39, 0.29) is 12.5 Å². The molecule has 1 amide bonds. The lowest BCUT2D eigenvalue weighted by Crippen LogP contribution is -2.44. The molecule has 0 saturated carbocycles. The van der Waals surface area contributed by atoms with Gasteiger partial charge in [-0.2, -0.15) is 0 Å². The van der Waals surface area contributed by atoms with E-state index in [1.54, 1.807) is 12.1 Å². The Balaban J connectivity index is 2.31. The molecule has 2 N–H and O–H groups in total. The van der Waals surface area contributed by atoms with E-state index in [9.17, 15) is 9.90 Å². The molecule has 2 atom stereocenters. The fourth-order valence-corrected chi connectivity index (χ4v) is 3.37. The van der Waals surface area contributed by atoms with E-state index >= 15 is 0 Å². The summed E-state index contributed by atoms with van der Waals surface area (Å²) in [4.78, 5) is 13.2. The lowest BCUT2D eigenvalue weighted by molar-refractivity contribution is -0.127. The van der Waals surface area contributed by atoms with Crippen molar-refractivity contribution in [1.29, 1.82) is 0 Å². The first kappa shape index (κ1) is 20.8. The number of nitrogens with one attached hydrogen (secondary N) is 1. The third-order valence-electron chi connectivity index (χ3n) is 4.81. The highest BCUT2D eigenvalue weighted by atomic mass is 35.5. The summed E-state index contributed by atoms with van der Waals surface area (Å²) in [6.45, 7) is 5.73. The Morgan fingerprint density at radius 2 is 1.85 bits per heavy atom. The van der Waals surface area contributed by atoms with Crippen LogP contribution in [0.25, 0.3) is 0 Å². The molecule has 3 nitrogen and oxygen atoms in total. The van der Waals surface area contributed by atoms with Crippen molar-refractivity contribution in [1.82, 2.24) is 5.32 Å². The average Bonchev–Trinajstić information content (AvgIpc) is 2.62. The summed E-state index contributed by atoms with van der Waals surface area (Å²) >= 11 is 12.1. The highest BCUT2D eigenvalue weighted by Gasteiger charge is 2.35. The topological polar surface area (TPSA) is 49.3 Å². The van der Waals surface area contributed by atoms with E-state index in [0.29, 0.717) is 16.5 Å². The SMILES string of the molecule is CCCC(C)(C(=O)N[C@@H](CO)c1ccc(Cl)cc1)c1ccc(Cl)c(C)c1. The summed E-state index contributed by atoms with van der Waals surface area (Å²) < 4.78 is 0. The van der Waals surface area contributed by atoms with Crippen molar-refractivity contribution < 1.29 is 9.90 Å². The number of hydrogen-bond donors (Lipinski definition) is 2. The van der Waals surface area contributed by atoms with Crippen LogP contribution in [-0.2, 0) is 10.2 Å². The molecule has 1 unspecified atom stereocenters. The molecule has 0 saturated heterocycles. The number of aliphatic hydroxyl groups excluding tert-OH is 1. The maximum Gasteiger partial charge on any atom is 0.230 e. The van der Waals surface area contributed by atoms with Gasteiger partial charge in [0.1, 0.15) is 0 Å². The van der Waals surface area contributed by atoms with Crippen LogP contribution in [-0.4, -0.2) is 17.6 Å². The molecule has 2 aromatic rings. The molecule has 0 radical (unpaired) electrons. The van der Waals surface area contributed by atoms with Crippen molar-refractivity contribution >= 4 is 29.1 Å². The van der Waals surface area contributed by atoms with E-state index in [0.717, 1.165) is 23.1 Å². The quantitative estimate of drug-likeness (QED) is 0.677. The Bertz CT molecular complexity index is 761. The molecule has 0 spiro atoms. The number of carbonyl (C=O) groups excluding carboxylic acids is 1. The molecule has 0 aliphatic heterocycles.